The normalized spacial score (nSPS) is 12.3. The van der Waals surface area contributed by atoms with Gasteiger partial charge in [-0.15, -0.1) is 11.3 Å². The van der Waals surface area contributed by atoms with Crippen LogP contribution in [0, 0.1) is 13.8 Å². The number of rotatable bonds is 7. The zero-order chi connectivity index (χ0) is 20.3. The van der Waals surface area contributed by atoms with E-state index in [1.165, 1.54) is 16.0 Å². The van der Waals surface area contributed by atoms with Gasteiger partial charge in [-0.2, -0.15) is 0 Å². The molecule has 0 amide bonds. The minimum absolute atomic E-state index is 0.0642. The fraction of sp³-hybridized carbons (Fsp3) is 0.375. The predicted molar refractivity (Wildman–Crippen MR) is 116 cm³/mol. The van der Waals surface area contributed by atoms with E-state index in [9.17, 15) is 9.90 Å². The van der Waals surface area contributed by atoms with Crippen molar-refractivity contribution in [1.29, 1.82) is 0 Å². The second-order valence-electron chi connectivity index (χ2n) is 7.40. The fourth-order valence-electron chi connectivity index (χ4n) is 3.63. The zero-order valence-corrected chi connectivity index (χ0v) is 17.9. The Labute approximate surface area is 170 Å². The molecule has 2 heterocycles. The van der Waals surface area contributed by atoms with Crippen LogP contribution in [0.4, 0.5) is 0 Å². The van der Waals surface area contributed by atoms with Gasteiger partial charge < -0.3 is 9.52 Å². The molecular formula is C24H28O3S. The number of hydrogen-bond acceptors (Lipinski definition) is 4. The Morgan fingerprint density at radius 1 is 1.04 bits per heavy atom. The molecule has 28 heavy (non-hydrogen) atoms. The lowest BCUT2D eigenvalue weighted by Crippen LogP contribution is -2.15. The molecule has 0 radical (unpaired) electrons. The van der Waals surface area contributed by atoms with E-state index in [1.54, 1.807) is 11.3 Å². The van der Waals surface area contributed by atoms with Crippen LogP contribution in [-0.2, 0) is 19.3 Å². The molecule has 1 unspecified atom stereocenters. The quantitative estimate of drug-likeness (QED) is 0.540. The van der Waals surface area contributed by atoms with E-state index in [0.29, 0.717) is 24.2 Å². The van der Waals surface area contributed by atoms with Gasteiger partial charge in [0.2, 0.25) is 0 Å². The van der Waals surface area contributed by atoms with Gasteiger partial charge in [0.05, 0.1) is 5.56 Å². The van der Waals surface area contributed by atoms with Crippen LogP contribution in [0.1, 0.15) is 64.0 Å². The van der Waals surface area contributed by atoms with Gasteiger partial charge in [-0.25, -0.2) is 4.79 Å². The van der Waals surface area contributed by atoms with E-state index in [4.69, 9.17) is 4.42 Å². The summed E-state index contributed by atoms with van der Waals surface area (Å²) in [6.07, 6.45) is 2.67. The molecule has 0 aliphatic carbocycles. The van der Waals surface area contributed by atoms with Crippen molar-refractivity contribution in [2.24, 2.45) is 0 Å². The van der Waals surface area contributed by atoms with Crippen molar-refractivity contribution >= 4 is 11.3 Å². The molecule has 0 bridgehead atoms. The van der Waals surface area contributed by atoms with Crippen molar-refractivity contribution in [3.8, 4) is 5.75 Å². The van der Waals surface area contributed by atoms with Crippen LogP contribution in [0.2, 0.25) is 0 Å². The Bertz CT molecular complexity index is 996. The number of benzene rings is 1. The predicted octanol–water partition coefficient (Wildman–Crippen LogP) is 5.91. The molecule has 0 spiro atoms. The Morgan fingerprint density at radius 2 is 1.75 bits per heavy atom. The topological polar surface area (TPSA) is 50.4 Å². The molecule has 1 aromatic carbocycles. The van der Waals surface area contributed by atoms with Gasteiger partial charge in [0, 0.05) is 27.7 Å². The fourth-order valence-corrected chi connectivity index (χ4v) is 4.53. The van der Waals surface area contributed by atoms with Crippen LogP contribution in [0.25, 0.3) is 0 Å². The maximum absolute atomic E-state index is 12.7. The summed E-state index contributed by atoms with van der Waals surface area (Å²) in [6, 6.07) is 12.5. The highest BCUT2D eigenvalue weighted by molar-refractivity contribution is 7.11. The summed E-state index contributed by atoms with van der Waals surface area (Å²) in [5, 5.41) is 10.9. The molecule has 3 rings (SSSR count). The van der Waals surface area contributed by atoms with Gasteiger partial charge in [0.25, 0.3) is 0 Å². The summed E-state index contributed by atoms with van der Waals surface area (Å²) >= 11 is 1.64. The summed E-state index contributed by atoms with van der Waals surface area (Å²) in [6.45, 7) is 8.20. The molecule has 4 heteroatoms. The SMILES string of the molecule is CCc1c(C(CC)Cc2ccc(C)cc2)oc(=O)c(Cc2ccc(C)s2)c1O. The molecule has 0 aliphatic heterocycles. The van der Waals surface area contributed by atoms with Crippen LogP contribution < -0.4 is 5.63 Å². The molecule has 0 aliphatic rings. The second-order valence-corrected chi connectivity index (χ2v) is 8.77. The molecule has 3 aromatic rings. The molecule has 1 atom stereocenters. The maximum Gasteiger partial charge on any atom is 0.343 e. The van der Waals surface area contributed by atoms with Crippen LogP contribution in [-0.4, -0.2) is 5.11 Å². The van der Waals surface area contributed by atoms with Crippen molar-refractivity contribution in [3.05, 3.63) is 84.6 Å². The van der Waals surface area contributed by atoms with Gasteiger partial charge in [-0.3, -0.25) is 0 Å². The highest BCUT2D eigenvalue weighted by Gasteiger charge is 2.24. The number of thiophene rings is 1. The average Bonchev–Trinajstić information content (AvgIpc) is 3.09. The molecule has 2 aromatic heterocycles. The lowest BCUT2D eigenvalue weighted by Gasteiger charge is -2.19. The largest absolute Gasteiger partial charge is 0.507 e. The third-order valence-electron chi connectivity index (χ3n) is 5.29. The van der Waals surface area contributed by atoms with Crippen LogP contribution in [0.5, 0.6) is 5.75 Å². The summed E-state index contributed by atoms with van der Waals surface area (Å²) in [7, 11) is 0. The molecule has 0 saturated carbocycles. The van der Waals surface area contributed by atoms with E-state index >= 15 is 0 Å². The first kappa shape index (κ1) is 20.4. The molecule has 0 fully saturated rings. The van der Waals surface area contributed by atoms with E-state index < -0.39 is 5.63 Å². The molecule has 0 saturated heterocycles. The smallest absolute Gasteiger partial charge is 0.343 e. The lowest BCUT2D eigenvalue weighted by molar-refractivity contribution is 0.377. The Balaban J connectivity index is 1.97. The van der Waals surface area contributed by atoms with Crippen LogP contribution in [0.3, 0.4) is 0 Å². The van der Waals surface area contributed by atoms with Crippen molar-refractivity contribution < 1.29 is 9.52 Å². The van der Waals surface area contributed by atoms with Gasteiger partial charge in [-0.05, 0) is 50.8 Å². The van der Waals surface area contributed by atoms with Crippen molar-refractivity contribution in [2.75, 3.05) is 0 Å². The van der Waals surface area contributed by atoms with Crippen molar-refractivity contribution in [1.82, 2.24) is 0 Å². The highest BCUT2D eigenvalue weighted by Crippen LogP contribution is 2.34. The number of aromatic hydroxyl groups is 1. The minimum Gasteiger partial charge on any atom is -0.507 e. The first-order chi connectivity index (χ1) is 13.4. The molecule has 148 valence electrons. The average molecular weight is 397 g/mol. The summed E-state index contributed by atoms with van der Waals surface area (Å²) in [5.41, 5.74) is 3.15. The lowest BCUT2D eigenvalue weighted by atomic mass is 9.90. The van der Waals surface area contributed by atoms with Gasteiger partial charge >= 0.3 is 5.63 Å². The Hall–Kier alpha value is -2.33. The molecular weight excluding hydrogens is 368 g/mol. The van der Waals surface area contributed by atoms with Gasteiger partial charge in [0.1, 0.15) is 11.5 Å². The van der Waals surface area contributed by atoms with Gasteiger partial charge in [-0.1, -0.05) is 43.7 Å². The first-order valence-electron chi connectivity index (χ1n) is 9.91. The summed E-state index contributed by atoms with van der Waals surface area (Å²) in [4.78, 5) is 15.0. The maximum atomic E-state index is 12.7. The third-order valence-corrected chi connectivity index (χ3v) is 6.29. The van der Waals surface area contributed by atoms with E-state index in [-0.39, 0.29) is 11.7 Å². The molecule has 1 N–H and O–H groups in total. The highest BCUT2D eigenvalue weighted by atomic mass is 32.1. The minimum atomic E-state index is -0.418. The zero-order valence-electron chi connectivity index (χ0n) is 17.0. The summed E-state index contributed by atoms with van der Waals surface area (Å²) < 4.78 is 5.83. The standard InChI is InChI=1S/C24H28O3S/c1-5-18(13-17-10-7-15(3)8-11-17)23-20(6-2)22(25)21(24(26)27-23)14-19-12-9-16(4)28-19/h7-12,18,25H,5-6,13-14H2,1-4H3. The first-order valence-corrected chi connectivity index (χ1v) is 10.7. The third kappa shape index (κ3) is 4.39. The number of hydrogen-bond donors (Lipinski definition) is 1. The molecule has 3 nitrogen and oxygen atoms in total. The number of aryl methyl sites for hydroxylation is 2. The Morgan fingerprint density at radius 3 is 2.32 bits per heavy atom. The Kier molecular flexibility index (Phi) is 6.40. The van der Waals surface area contributed by atoms with Crippen LogP contribution in [0.15, 0.2) is 45.6 Å². The monoisotopic (exact) mass is 396 g/mol. The van der Waals surface area contributed by atoms with E-state index in [0.717, 1.165) is 23.3 Å². The van der Waals surface area contributed by atoms with E-state index in [1.807, 2.05) is 26.0 Å². The van der Waals surface area contributed by atoms with Crippen LogP contribution >= 0.6 is 11.3 Å². The summed E-state index contributed by atoms with van der Waals surface area (Å²) in [5.74, 6) is 0.815. The van der Waals surface area contributed by atoms with Crippen molar-refractivity contribution in [2.45, 2.75) is 59.3 Å². The second kappa shape index (κ2) is 8.78. The van der Waals surface area contributed by atoms with Gasteiger partial charge in [0.15, 0.2) is 0 Å². The van der Waals surface area contributed by atoms with E-state index in [2.05, 4.69) is 38.1 Å². The van der Waals surface area contributed by atoms with Crippen molar-refractivity contribution in [3.63, 3.8) is 0 Å².